The van der Waals surface area contributed by atoms with Crippen LogP contribution in [0.3, 0.4) is 0 Å². The number of fused-ring (bicyclic) bond motifs is 1. The molecule has 3 rings (SSSR count). The second kappa shape index (κ2) is 5.09. The maximum absolute atomic E-state index is 12.4. The molecule has 0 aliphatic heterocycles. The van der Waals surface area contributed by atoms with E-state index < -0.39 is 10.0 Å². The molecular formula is C13H12ClN3O3S. The number of benzene rings is 1. The molecule has 2 N–H and O–H groups in total. The van der Waals surface area contributed by atoms with Crippen LogP contribution in [-0.2, 0) is 16.4 Å². The number of aromatic amines is 1. The molecule has 0 amide bonds. The van der Waals surface area contributed by atoms with E-state index in [0.29, 0.717) is 28.1 Å². The van der Waals surface area contributed by atoms with Crippen molar-refractivity contribution in [1.82, 2.24) is 10.1 Å². The van der Waals surface area contributed by atoms with Gasteiger partial charge in [0.05, 0.1) is 0 Å². The maximum Gasteiger partial charge on any atom is 0.265 e. The summed E-state index contributed by atoms with van der Waals surface area (Å²) in [6.45, 7) is 1.89. The summed E-state index contributed by atoms with van der Waals surface area (Å²) < 4.78 is 32.2. The molecule has 0 spiro atoms. The average Bonchev–Trinajstić information content (AvgIpc) is 3.04. The normalized spacial score (nSPS) is 11.9. The van der Waals surface area contributed by atoms with Crippen molar-refractivity contribution in [1.29, 1.82) is 0 Å². The zero-order chi connectivity index (χ0) is 15.0. The van der Waals surface area contributed by atoms with Gasteiger partial charge in [-0.2, -0.15) is 0 Å². The van der Waals surface area contributed by atoms with E-state index in [-0.39, 0.29) is 10.7 Å². The van der Waals surface area contributed by atoms with E-state index in [1.165, 1.54) is 6.20 Å². The van der Waals surface area contributed by atoms with Gasteiger partial charge >= 0.3 is 0 Å². The summed E-state index contributed by atoms with van der Waals surface area (Å²) in [5, 5.41) is 4.77. The van der Waals surface area contributed by atoms with E-state index in [9.17, 15) is 8.42 Å². The minimum absolute atomic E-state index is 0.134. The monoisotopic (exact) mass is 325 g/mol. The second-order valence-electron chi connectivity index (χ2n) is 4.48. The SMILES string of the molecule is CCc1cc(NS(=O)(=O)c2c[nH]c3cc(Cl)ccc23)no1. The maximum atomic E-state index is 12.4. The molecule has 0 fully saturated rings. The highest BCUT2D eigenvalue weighted by Crippen LogP contribution is 2.26. The van der Waals surface area contributed by atoms with Crippen LogP contribution in [0.1, 0.15) is 12.7 Å². The lowest BCUT2D eigenvalue weighted by molar-refractivity contribution is 0.389. The Kier molecular flexibility index (Phi) is 3.38. The van der Waals surface area contributed by atoms with Gasteiger partial charge < -0.3 is 9.51 Å². The topological polar surface area (TPSA) is 88.0 Å². The molecule has 0 saturated carbocycles. The van der Waals surface area contributed by atoms with E-state index in [1.807, 2.05) is 6.92 Å². The number of halogens is 1. The Balaban J connectivity index is 2.00. The third kappa shape index (κ3) is 2.62. The van der Waals surface area contributed by atoms with Gasteiger partial charge in [0.2, 0.25) is 0 Å². The van der Waals surface area contributed by atoms with Crippen molar-refractivity contribution >= 4 is 38.3 Å². The number of hydrogen-bond donors (Lipinski definition) is 2. The highest BCUT2D eigenvalue weighted by atomic mass is 35.5. The summed E-state index contributed by atoms with van der Waals surface area (Å²) in [7, 11) is -3.75. The van der Waals surface area contributed by atoms with Crippen LogP contribution in [0.25, 0.3) is 10.9 Å². The first-order valence-electron chi connectivity index (χ1n) is 6.24. The summed E-state index contributed by atoms with van der Waals surface area (Å²) in [4.78, 5) is 3.02. The predicted molar refractivity (Wildman–Crippen MR) is 80.0 cm³/mol. The molecule has 3 aromatic rings. The molecule has 0 atom stereocenters. The van der Waals surface area contributed by atoms with Crippen LogP contribution in [0.15, 0.2) is 39.9 Å². The van der Waals surface area contributed by atoms with Crippen molar-refractivity contribution in [2.75, 3.05) is 4.72 Å². The van der Waals surface area contributed by atoms with Crippen LogP contribution in [0.4, 0.5) is 5.82 Å². The Morgan fingerprint density at radius 1 is 1.38 bits per heavy atom. The van der Waals surface area contributed by atoms with Gasteiger partial charge in [0.1, 0.15) is 10.7 Å². The molecule has 0 saturated heterocycles. The minimum Gasteiger partial charge on any atom is -0.360 e. The standard InChI is InChI=1S/C13H12ClN3O3S/c1-2-9-6-13(16-20-9)17-21(18,19)12-7-15-11-5-8(14)3-4-10(11)12/h3-7,15H,2H2,1H3,(H,16,17). The van der Waals surface area contributed by atoms with Gasteiger partial charge in [-0.05, 0) is 18.2 Å². The first kappa shape index (κ1) is 14.0. The van der Waals surface area contributed by atoms with Crippen LogP contribution >= 0.6 is 11.6 Å². The van der Waals surface area contributed by atoms with Crippen molar-refractivity contribution in [2.24, 2.45) is 0 Å². The molecule has 6 nitrogen and oxygen atoms in total. The molecule has 0 radical (unpaired) electrons. The number of hydrogen-bond acceptors (Lipinski definition) is 4. The van der Waals surface area contributed by atoms with Gasteiger partial charge in [-0.3, -0.25) is 4.72 Å². The number of anilines is 1. The number of H-pyrrole nitrogens is 1. The Morgan fingerprint density at radius 2 is 2.19 bits per heavy atom. The highest BCUT2D eigenvalue weighted by Gasteiger charge is 2.20. The largest absolute Gasteiger partial charge is 0.360 e. The summed E-state index contributed by atoms with van der Waals surface area (Å²) in [6.07, 6.45) is 2.06. The molecule has 1 aromatic carbocycles. The van der Waals surface area contributed by atoms with Crippen molar-refractivity contribution in [3.05, 3.63) is 41.2 Å². The molecule has 0 bridgehead atoms. The lowest BCUT2D eigenvalue weighted by Gasteiger charge is -2.03. The van der Waals surface area contributed by atoms with E-state index in [4.69, 9.17) is 16.1 Å². The van der Waals surface area contributed by atoms with Gasteiger partial charge in [-0.25, -0.2) is 8.42 Å². The van der Waals surface area contributed by atoms with Gasteiger partial charge in [-0.1, -0.05) is 23.7 Å². The first-order valence-corrected chi connectivity index (χ1v) is 8.11. The van der Waals surface area contributed by atoms with Gasteiger partial charge in [0, 0.05) is 34.6 Å². The summed E-state index contributed by atoms with van der Waals surface area (Å²) in [5.41, 5.74) is 0.650. The average molecular weight is 326 g/mol. The first-order chi connectivity index (χ1) is 9.99. The van der Waals surface area contributed by atoms with Gasteiger partial charge in [0.15, 0.2) is 5.82 Å². The molecule has 110 valence electrons. The molecular weight excluding hydrogens is 314 g/mol. The minimum atomic E-state index is -3.75. The second-order valence-corrected chi connectivity index (χ2v) is 6.57. The zero-order valence-corrected chi connectivity index (χ0v) is 12.6. The third-order valence-corrected chi connectivity index (χ3v) is 4.67. The highest BCUT2D eigenvalue weighted by molar-refractivity contribution is 7.93. The van der Waals surface area contributed by atoms with Crippen LogP contribution in [0, 0.1) is 0 Å². The number of aryl methyl sites for hydroxylation is 1. The Labute approximate surface area is 126 Å². The quantitative estimate of drug-likeness (QED) is 0.771. The Hall–Kier alpha value is -1.99. The van der Waals surface area contributed by atoms with Crippen LogP contribution in [-0.4, -0.2) is 18.6 Å². The molecule has 2 aromatic heterocycles. The predicted octanol–water partition coefficient (Wildman–Crippen LogP) is 3.17. The number of rotatable bonds is 4. The Bertz CT molecular complexity index is 898. The van der Waals surface area contributed by atoms with Crippen LogP contribution < -0.4 is 4.72 Å². The lowest BCUT2D eigenvalue weighted by atomic mass is 10.2. The van der Waals surface area contributed by atoms with Crippen LogP contribution in [0.2, 0.25) is 5.02 Å². The number of aromatic nitrogens is 2. The smallest absolute Gasteiger partial charge is 0.265 e. The summed E-state index contributed by atoms with van der Waals surface area (Å²) in [6, 6.07) is 6.52. The van der Waals surface area contributed by atoms with Gasteiger partial charge in [0.25, 0.3) is 10.0 Å². The summed E-state index contributed by atoms with van der Waals surface area (Å²) >= 11 is 5.88. The number of nitrogens with one attached hydrogen (secondary N) is 2. The Morgan fingerprint density at radius 3 is 2.90 bits per heavy atom. The summed E-state index contributed by atoms with van der Waals surface area (Å²) in [5.74, 6) is 0.772. The third-order valence-electron chi connectivity index (χ3n) is 3.04. The van der Waals surface area contributed by atoms with E-state index in [1.54, 1.807) is 24.3 Å². The van der Waals surface area contributed by atoms with Crippen LogP contribution in [0.5, 0.6) is 0 Å². The van der Waals surface area contributed by atoms with Crippen molar-refractivity contribution in [2.45, 2.75) is 18.2 Å². The number of sulfonamides is 1. The molecule has 0 aliphatic rings. The fourth-order valence-corrected chi connectivity index (χ4v) is 3.35. The fraction of sp³-hybridized carbons (Fsp3) is 0.154. The van der Waals surface area contributed by atoms with E-state index >= 15 is 0 Å². The van der Waals surface area contributed by atoms with Gasteiger partial charge in [-0.15, -0.1) is 0 Å². The molecule has 0 aliphatic carbocycles. The lowest BCUT2D eigenvalue weighted by Crippen LogP contribution is -2.12. The van der Waals surface area contributed by atoms with Crippen molar-refractivity contribution < 1.29 is 12.9 Å². The van der Waals surface area contributed by atoms with E-state index in [2.05, 4.69) is 14.9 Å². The molecule has 0 unspecified atom stereocenters. The van der Waals surface area contributed by atoms with E-state index in [0.717, 1.165) is 0 Å². The molecule has 8 heteroatoms. The molecule has 2 heterocycles. The number of nitrogens with zero attached hydrogens (tertiary/aromatic N) is 1. The van der Waals surface area contributed by atoms with Crippen molar-refractivity contribution in [3.63, 3.8) is 0 Å². The fourth-order valence-electron chi connectivity index (χ4n) is 2.01. The molecule has 21 heavy (non-hydrogen) atoms. The van der Waals surface area contributed by atoms with Crippen molar-refractivity contribution in [3.8, 4) is 0 Å². The zero-order valence-electron chi connectivity index (χ0n) is 11.1.